The Morgan fingerprint density at radius 1 is 0.946 bits per heavy atom. The summed E-state index contributed by atoms with van der Waals surface area (Å²) in [4.78, 5) is 17.8. The quantitative estimate of drug-likeness (QED) is 0.414. The minimum atomic E-state index is -0.0957. The molecule has 0 aromatic heterocycles. The Labute approximate surface area is 216 Å². The maximum absolute atomic E-state index is 13.3. The molecular formula is C30H30N2O5. The zero-order valence-corrected chi connectivity index (χ0v) is 21.4. The number of ether oxygens (including phenoxy) is 4. The molecule has 6 rings (SSSR count). The van der Waals surface area contributed by atoms with Gasteiger partial charge in [-0.1, -0.05) is 18.2 Å². The van der Waals surface area contributed by atoms with Crippen LogP contribution in [0.5, 0.6) is 23.0 Å². The molecule has 3 aromatic carbocycles. The fourth-order valence-electron chi connectivity index (χ4n) is 5.22. The van der Waals surface area contributed by atoms with Gasteiger partial charge in [0.15, 0.2) is 17.3 Å². The Kier molecular flexibility index (Phi) is 6.00. The smallest absolute Gasteiger partial charge is 0.231 e. The van der Waals surface area contributed by atoms with Crippen molar-refractivity contribution in [3.05, 3.63) is 82.1 Å². The number of nitrogens with zero attached hydrogens (tertiary/aromatic N) is 2. The number of Topliss-reactive ketones (excluding diaryl/α,β-unsaturated/α-hetero) is 1. The normalized spacial score (nSPS) is 16.8. The monoisotopic (exact) mass is 498 g/mol. The summed E-state index contributed by atoms with van der Waals surface area (Å²) in [5.41, 5.74) is 5.66. The zero-order valence-electron chi connectivity index (χ0n) is 21.4. The predicted molar refractivity (Wildman–Crippen MR) is 141 cm³/mol. The van der Waals surface area contributed by atoms with Gasteiger partial charge in [0.05, 0.1) is 5.56 Å². The molecule has 3 aliphatic rings. The SMILES string of the molecule is CCN(CC)c1ccc(/C=C2\Oc3c(cc4c(c3C)OCN(Cc3ccc5c(c3)OCO5)C4)C2=O)cc1. The molecule has 0 saturated heterocycles. The van der Waals surface area contributed by atoms with Crippen molar-refractivity contribution in [3.8, 4) is 23.0 Å². The minimum Gasteiger partial charge on any atom is -0.477 e. The van der Waals surface area contributed by atoms with E-state index in [1.807, 2.05) is 49.4 Å². The van der Waals surface area contributed by atoms with E-state index < -0.39 is 0 Å². The lowest BCUT2D eigenvalue weighted by atomic mass is 9.99. The molecule has 0 bridgehead atoms. The van der Waals surface area contributed by atoms with Crippen LogP contribution < -0.4 is 23.8 Å². The molecule has 0 unspecified atom stereocenters. The predicted octanol–water partition coefficient (Wildman–Crippen LogP) is 5.54. The maximum atomic E-state index is 13.3. The molecule has 0 radical (unpaired) electrons. The summed E-state index contributed by atoms with van der Waals surface area (Å²) in [6.45, 7) is 10.2. The highest BCUT2D eigenvalue weighted by molar-refractivity contribution is 6.15. The number of fused-ring (bicyclic) bond motifs is 3. The van der Waals surface area contributed by atoms with Crippen molar-refractivity contribution in [2.75, 3.05) is 31.5 Å². The van der Waals surface area contributed by atoms with Crippen LogP contribution in [0.15, 0.2) is 54.3 Å². The number of rotatable bonds is 6. The van der Waals surface area contributed by atoms with Crippen molar-refractivity contribution < 1.29 is 23.7 Å². The van der Waals surface area contributed by atoms with Crippen molar-refractivity contribution in [3.63, 3.8) is 0 Å². The van der Waals surface area contributed by atoms with E-state index in [0.717, 1.165) is 52.6 Å². The largest absolute Gasteiger partial charge is 0.477 e. The molecule has 190 valence electrons. The highest BCUT2D eigenvalue weighted by atomic mass is 16.7. The van der Waals surface area contributed by atoms with E-state index in [1.165, 1.54) is 5.69 Å². The summed E-state index contributed by atoms with van der Waals surface area (Å²) in [6.07, 6.45) is 1.82. The Balaban J connectivity index is 1.21. The second kappa shape index (κ2) is 9.48. The second-order valence-electron chi connectivity index (χ2n) is 9.52. The number of anilines is 1. The van der Waals surface area contributed by atoms with Crippen LogP contribution in [-0.2, 0) is 13.1 Å². The van der Waals surface area contributed by atoms with Crippen molar-refractivity contribution in [2.24, 2.45) is 0 Å². The summed E-state index contributed by atoms with van der Waals surface area (Å²) >= 11 is 0. The van der Waals surface area contributed by atoms with Gasteiger partial charge in [0.25, 0.3) is 0 Å². The van der Waals surface area contributed by atoms with Crippen LogP contribution in [0.4, 0.5) is 5.69 Å². The average Bonchev–Trinajstić information content (AvgIpc) is 3.50. The molecule has 3 heterocycles. The number of hydrogen-bond donors (Lipinski definition) is 0. The van der Waals surface area contributed by atoms with Crippen LogP contribution in [0.2, 0.25) is 0 Å². The molecule has 0 N–H and O–H groups in total. The number of carbonyl (C=O) groups excluding carboxylic acids is 1. The third-order valence-corrected chi connectivity index (χ3v) is 7.16. The van der Waals surface area contributed by atoms with Gasteiger partial charge in [-0.3, -0.25) is 9.69 Å². The van der Waals surface area contributed by atoms with Gasteiger partial charge in [0.1, 0.15) is 18.2 Å². The van der Waals surface area contributed by atoms with Crippen molar-refractivity contribution in [1.82, 2.24) is 4.90 Å². The minimum absolute atomic E-state index is 0.0957. The molecule has 0 amide bonds. The van der Waals surface area contributed by atoms with Crippen molar-refractivity contribution in [1.29, 1.82) is 0 Å². The Morgan fingerprint density at radius 3 is 2.51 bits per heavy atom. The van der Waals surface area contributed by atoms with Crippen LogP contribution in [0.25, 0.3) is 6.08 Å². The molecule has 0 spiro atoms. The second-order valence-corrected chi connectivity index (χ2v) is 9.52. The van der Waals surface area contributed by atoms with Gasteiger partial charge >= 0.3 is 0 Å². The summed E-state index contributed by atoms with van der Waals surface area (Å²) in [5, 5.41) is 0. The fourth-order valence-corrected chi connectivity index (χ4v) is 5.22. The number of carbonyl (C=O) groups is 1. The molecule has 3 aromatic rings. The van der Waals surface area contributed by atoms with E-state index in [0.29, 0.717) is 36.9 Å². The van der Waals surface area contributed by atoms with Crippen molar-refractivity contribution >= 4 is 17.5 Å². The van der Waals surface area contributed by atoms with Crippen LogP contribution in [-0.4, -0.2) is 37.3 Å². The molecule has 0 aliphatic carbocycles. The fraction of sp³-hybridized carbons (Fsp3) is 0.300. The molecular weight excluding hydrogens is 468 g/mol. The number of benzene rings is 3. The van der Waals surface area contributed by atoms with E-state index in [4.69, 9.17) is 18.9 Å². The Hall–Kier alpha value is -3.97. The summed E-state index contributed by atoms with van der Waals surface area (Å²) < 4.78 is 23.2. The lowest BCUT2D eigenvalue weighted by Crippen LogP contribution is -2.32. The zero-order chi connectivity index (χ0) is 25.5. The maximum Gasteiger partial charge on any atom is 0.231 e. The topological polar surface area (TPSA) is 60.5 Å². The van der Waals surface area contributed by atoms with E-state index in [9.17, 15) is 4.79 Å². The van der Waals surface area contributed by atoms with Crippen LogP contribution in [0, 0.1) is 6.92 Å². The standard InChI is InChI=1S/C30H30N2O5/c1-4-32(5-2)23-9-6-20(7-10-23)12-27-28(33)24-14-22-16-31(17-34-29(22)19(3)30(24)37-27)15-21-8-11-25-26(13-21)36-18-35-25/h6-14H,4-5,15-18H2,1-3H3/b27-12-. The molecule has 0 atom stereocenters. The van der Waals surface area contributed by atoms with Gasteiger partial charge in [-0.05, 0) is 68.3 Å². The van der Waals surface area contributed by atoms with Gasteiger partial charge < -0.3 is 23.8 Å². The lowest BCUT2D eigenvalue weighted by Gasteiger charge is -2.30. The summed E-state index contributed by atoms with van der Waals surface area (Å²) in [7, 11) is 0. The summed E-state index contributed by atoms with van der Waals surface area (Å²) in [5.74, 6) is 3.19. The number of ketones is 1. The van der Waals surface area contributed by atoms with Gasteiger partial charge in [-0.25, -0.2) is 0 Å². The first-order valence-corrected chi connectivity index (χ1v) is 12.7. The Morgan fingerprint density at radius 2 is 1.73 bits per heavy atom. The third-order valence-electron chi connectivity index (χ3n) is 7.16. The van der Waals surface area contributed by atoms with E-state index in [2.05, 4.69) is 35.8 Å². The van der Waals surface area contributed by atoms with Gasteiger partial charge in [-0.2, -0.15) is 0 Å². The summed E-state index contributed by atoms with van der Waals surface area (Å²) in [6, 6.07) is 16.1. The van der Waals surface area contributed by atoms with E-state index in [-0.39, 0.29) is 12.6 Å². The first kappa shape index (κ1) is 23.4. The molecule has 37 heavy (non-hydrogen) atoms. The molecule has 7 nitrogen and oxygen atoms in total. The molecule has 0 fully saturated rings. The highest BCUT2D eigenvalue weighted by Crippen LogP contribution is 2.43. The van der Waals surface area contributed by atoms with Crippen LogP contribution in [0.1, 0.15) is 46.5 Å². The average molecular weight is 499 g/mol. The molecule has 3 aliphatic heterocycles. The Bertz CT molecular complexity index is 1390. The van der Waals surface area contributed by atoms with Gasteiger partial charge in [0.2, 0.25) is 12.6 Å². The molecule has 7 heteroatoms. The first-order chi connectivity index (χ1) is 18.0. The number of allylic oxidation sites excluding steroid dienone is 1. The molecule has 0 saturated carbocycles. The third kappa shape index (κ3) is 4.29. The van der Waals surface area contributed by atoms with Gasteiger partial charge in [0, 0.05) is 43.0 Å². The number of hydrogen-bond acceptors (Lipinski definition) is 7. The van der Waals surface area contributed by atoms with E-state index >= 15 is 0 Å². The highest BCUT2D eigenvalue weighted by Gasteiger charge is 2.33. The first-order valence-electron chi connectivity index (χ1n) is 12.7. The van der Waals surface area contributed by atoms with Crippen LogP contribution >= 0.6 is 0 Å². The van der Waals surface area contributed by atoms with Gasteiger partial charge in [-0.15, -0.1) is 0 Å². The van der Waals surface area contributed by atoms with Crippen molar-refractivity contribution in [2.45, 2.75) is 33.9 Å². The lowest BCUT2D eigenvalue weighted by molar-refractivity contribution is 0.0876. The van der Waals surface area contributed by atoms with Crippen LogP contribution in [0.3, 0.4) is 0 Å². The van der Waals surface area contributed by atoms with E-state index in [1.54, 1.807) is 0 Å².